The number of para-hydroxylation sites is 2. The van der Waals surface area contributed by atoms with E-state index in [4.69, 9.17) is 4.74 Å². The van der Waals surface area contributed by atoms with Crippen LogP contribution in [0.4, 0.5) is 8.78 Å². The van der Waals surface area contributed by atoms with E-state index in [0.717, 1.165) is 15.9 Å². The van der Waals surface area contributed by atoms with Gasteiger partial charge in [0.1, 0.15) is 11.6 Å². The highest BCUT2D eigenvalue weighted by Gasteiger charge is 2.22. The minimum atomic E-state index is -2.69. The summed E-state index contributed by atoms with van der Waals surface area (Å²) in [7, 11) is 1.58. The Hall–Kier alpha value is -2.96. The number of imidazole rings is 1. The van der Waals surface area contributed by atoms with Gasteiger partial charge in [0.05, 0.1) is 24.6 Å². The smallest absolute Gasteiger partial charge is 0.320 e. The molecule has 7 heteroatoms. The summed E-state index contributed by atoms with van der Waals surface area (Å²) in [6.45, 7) is -0.691. The Morgan fingerprint density at radius 3 is 2.56 bits per heavy atom. The molecular formula is C20H21F2N3O2. The molecule has 0 saturated carbocycles. The molecule has 1 heterocycles. The minimum absolute atomic E-state index is 0.174. The lowest BCUT2D eigenvalue weighted by Crippen LogP contribution is -2.29. The van der Waals surface area contributed by atoms with E-state index in [1.54, 1.807) is 50.4 Å². The number of alkyl halides is 2. The van der Waals surface area contributed by atoms with Crippen LogP contribution in [0.1, 0.15) is 30.8 Å². The van der Waals surface area contributed by atoms with Gasteiger partial charge in [0.2, 0.25) is 5.91 Å². The van der Waals surface area contributed by atoms with Crippen molar-refractivity contribution in [1.82, 2.24) is 14.9 Å². The number of ether oxygens (including phenoxy) is 1. The minimum Gasteiger partial charge on any atom is -0.497 e. The van der Waals surface area contributed by atoms with E-state index >= 15 is 0 Å². The number of hydrogen-bond donors (Lipinski definition) is 1. The fraction of sp³-hybridized carbons (Fsp3) is 0.300. The van der Waals surface area contributed by atoms with Crippen molar-refractivity contribution < 1.29 is 18.3 Å². The second-order valence-electron chi connectivity index (χ2n) is 6.34. The molecule has 1 atom stereocenters. The van der Waals surface area contributed by atoms with Crippen LogP contribution >= 0.6 is 0 Å². The van der Waals surface area contributed by atoms with E-state index in [1.165, 1.54) is 0 Å². The second-order valence-corrected chi connectivity index (χ2v) is 6.34. The van der Waals surface area contributed by atoms with Crippen molar-refractivity contribution in [1.29, 1.82) is 0 Å². The predicted molar refractivity (Wildman–Crippen MR) is 99.1 cm³/mol. The lowest BCUT2D eigenvalue weighted by molar-refractivity contribution is -0.120. The summed E-state index contributed by atoms with van der Waals surface area (Å²) in [5.41, 5.74) is 1.75. The highest BCUT2D eigenvalue weighted by molar-refractivity contribution is 5.79. The summed E-state index contributed by atoms with van der Waals surface area (Å²) in [5, 5.41) is 2.80. The number of hydrogen-bond acceptors (Lipinski definition) is 3. The van der Waals surface area contributed by atoms with Gasteiger partial charge in [0, 0.05) is 12.5 Å². The van der Waals surface area contributed by atoms with Crippen molar-refractivity contribution >= 4 is 16.9 Å². The molecule has 0 spiro atoms. The molecule has 5 nitrogen and oxygen atoms in total. The van der Waals surface area contributed by atoms with Crippen molar-refractivity contribution in [2.45, 2.75) is 25.8 Å². The lowest BCUT2D eigenvalue weighted by atomic mass is 10.1. The SMILES string of the molecule is COc1ccc(CC(=O)NC[C@H](C)c2nc3ccccc3n2C(F)F)cc1. The number of methoxy groups -OCH3 is 1. The first-order chi connectivity index (χ1) is 13.0. The first-order valence-electron chi connectivity index (χ1n) is 8.64. The van der Waals surface area contributed by atoms with E-state index in [0.29, 0.717) is 11.0 Å². The average molecular weight is 373 g/mol. The summed E-state index contributed by atoms with van der Waals surface area (Å²) >= 11 is 0. The van der Waals surface area contributed by atoms with Crippen LogP contribution in [0.2, 0.25) is 0 Å². The molecule has 0 radical (unpaired) electrons. The van der Waals surface area contributed by atoms with Crippen LogP contribution in [0.15, 0.2) is 48.5 Å². The molecule has 1 N–H and O–H groups in total. The zero-order valence-corrected chi connectivity index (χ0v) is 15.2. The Bertz CT molecular complexity index is 923. The maximum Gasteiger partial charge on any atom is 0.320 e. The van der Waals surface area contributed by atoms with Gasteiger partial charge in [-0.05, 0) is 29.8 Å². The van der Waals surface area contributed by atoms with Crippen LogP contribution in [-0.4, -0.2) is 29.1 Å². The molecule has 1 amide bonds. The molecule has 0 aliphatic rings. The van der Waals surface area contributed by atoms with Gasteiger partial charge >= 0.3 is 6.55 Å². The van der Waals surface area contributed by atoms with Gasteiger partial charge in [-0.1, -0.05) is 31.2 Å². The van der Waals surface area contributed by atoms with Gasteiger partial charge < -0.3 is 10.1 Å². The monoisotopic (exact) mass is 373 g/mol. The fourth-order valence-corrected chi connectivity index (χ4v) is 2.97. The number of nitrogens with one attached hydrogen (secondary N) is 1. The Kier molecular flexibility index (Phi) is 5.69. The van der Waals surface area contributed by atoms with E-state index in [-0.39, 0.29) is 30.6 Å². The third-order valence-electron chi connectivity index (χ3n) is 4.39. The molecule has 0 bridgehead atoms. The van der Waals surface area contributed by atoms with Crippen LogP contribution in [0.3, 0.4) is 0 Å². The Morgan fingerprint density at radius 1 is 1.19 bits per heavy atom. The third-order valence-corrected chi connectivity index (χ3v) is 4.39. The molecule has 2 aromatic carbocycles. The molecule has 0 unspecified atom stereocenters. The van der Waals surface area contributed by atoms with Gasteiger partial charge in [0.25, 0.3) is 0 Å². The number of carbonyl (C=O) groups is 1. The average Bonchev–Trinajstić information content (AvgIpc) is 3.06. The number of rotatable bonds is 7. The lowest BCUT2D eigenvalue weighted by Gasteiger charge is -2.15. The number of benzene rings is 2. The normalized spacial score (nSPS) is 12.3. The van der Waals surface area contributed by atoms with E-state index in [9.17, 15) is 13.6 Å². The summed E-state index contributed by atoms with van der Waals surface area (Å²) in [6.07, 6.45) is 0.210. The molecule has 0 aliphatic carbocycles. The highest BCUT2D eigenvalue weighted by Crippen LogP contribution is 2.27. The molecule has 142 valence electrons. The third kappa shape index (κ3) is 4.24. The molecule has 0 saturated heterocycles. The number of nitrogens with zero attached hydrogens (tertiary/aromatic N) is 2. The zero-order valence-electron chi connectivity index (χ0n) is 15.2. The van der Waals surface area contributed by atoms with Crippen molar-refractivity contribution in [2.75, 3.05) is 13.7 Å². The van der Waals surface area contributed by atoms with Crippen LogP contribution < -0.4 is 10.1 Å². The molecule has 0 aliphatic heterocycles. The summed E-state index contributed by atoms with van der Waals surface area (Å²) in [4.78, 5) is 16.5. The first-order valence-corrected chi connectivity index (χ1v) is 8.64. The predicted octanol–water partition coefficient (Wildman–Crippen LogP) is 3.90. The summed E-state index contributed by atoms with van der Waals surface area (Å²) in [6, 6.07) is 14.0. The maximum atomic E-state index is 13.5. The zero-order chi connectivity index (χ0) is 19.4. The first kappa shape index (κ1) is 18.8. The van der Waals surface area contributed by atoms with Crippen LogP contribution in [0.25, 0.3) is 11.0 Å². The summed E-state index contributed by atoms with van der Waals surface area (Å²) < 4.78 is 33.1. The second kappa shape index (κ2) is 8.16. The molecular weight excluding hydrogens is 352 g/mol. The number of fused-ring (bicyclic) bond motifs is 1. The fourth-order valence-electron chi connectivity index (χ4n) is 2.97. The van der Waals surface area contributed by atoms with Crippen molar-refractivity contribution in [2.24, 2.45) is 0 Å². The van der Waals surface area contributed by atoms with Gasteiger partial charge in [-0.25, -0.2) is 4.98 Å². The molecule has 27 heavy (non-hydrogen) atoms. The Balaban J connectivity index is 1.66. The van der Waals surface area contributed by atoms with Gasteiger partial charge in [-0.2, -0.15) is 8.78 Å². The quantitative estimate of drug-likeness (QED) is 0.683. The van der Waals surface area contributed by atoms with Gasteiger partial charge in [-0.15, -0.1) is 0 Å². The summed E-state index contributed by atoms with van der Waals surface area (Å²) in [5.74, 6) is 0.451. The molecule has 1 aromatic heterocycles. The van der Waals surface area contributed by atoms with Crippen LogP contribution in [0, 0.1) is 0 Å². The van der Waals surface area contributed by atoms with E-state index in [1.807, 2.05) is 12.1 Å². The van der Waals surface area contributed by atoms with Gasteiger partial charge in [-0.3, -0.25) is 9.36 Å². The van der Waals surface area contributed by atoms with Crippen LogP contribution in [0.5, 0.6) is 5.75 Å². The number of amides is 1. The maximum absolute atomic E-state index is 13.5. The van der Waals surface area contributed by atoms with Crippen molar-refractivity contribution in [3.05, 3.63) is 59.9 Å². The van der Waals surface area contributed by atoms with Crippen molar-refractivity contribution in [3.8, 4) is 5.75 Å². The Labute approximate surface area is 156 Å². The number of halogens is 2. The van der Waals surface area contributed by atoms with E-state index in [2.05, 4.69) is 10.3 Å². The van der Waals surface area contributed by atoms with E-state index < -0.39 is 6.55 Å². The number of carbonyl (C=O) groups excluding carboxylic acids is 1. The highest BCUT2D eigenvalue weighted by atomic mass is 19.3. The van der Waals surface area contributed by atoms with Crippen LogP contribution in [-0.2, 0) is 11.2 Å². The van der Waals surface area contributed by atoms with Gasteiger partial charge in [0.15, 0.2) is 0 Å². The topological polar surface area (TPSA) is 56.1 Å². The number of aromatic nitrogens is 2. The van der Waals surface area contributed by atoms with Crippen molar-refractivity contribution in [3.63, 3.8) is 0 Å². The molecule has 3 aromatic rings. The molecule has 3 rings (SSSR count). The Morgan fingerprint density at radius 2 is 1.89 bits per heavy atom. The standard InChI is InChI=1S/C20H21F2N3O2/c1-13(12-23-18(26)11-14-7-9-15(27-2)10-8-14)19-24-16-5-3-4-6-17(16)25(19)20(21)22/h3-10,13,20H,11-12H2,1-2H3,(H,23,26)/t13-/m0/s1. The molecule has 0 fully saturated rings. The largest absolute Gasteiger partial charge is 0.497 e.